The number of methoxy groups -OCH3 is 1. The van der Waals surface area contributed by atoms with Crippen LogP contribution in [0.3, 0.4) is 0 Å². The summed E-state index contributed by atoms with van der Waals surface area (Å²) >= 11 is 0. The summed E-state index contributed by atoms with van der Waals surface area (Å²) in [5.41, 5.74) is 7.09. The van der Waals surface area contributed by atoms with Crippen molar-refractivity contribution in [2.24, 2.45) is 5.84 Å². The lowest BCUT2D eigenvalue weighted by molar-refractivity contribution is 0.395. The lowest BCUT2D eigenvalue weighted by Gasteiger charge is -2.17. The second-order valence-corrected chi connectivity index (χ2v) is 4.43. The van der Waals surface area contributed by atoms with E-state index in [-0.39, 0.29) is 6.04 Å². The average Bonchev–Trinajstić information content (AvgIpc) is 2.44. The highest BCUT2D eigenvalue weighted by Gasteiger charge is 2.15. The Morgan fingerprint density at radius 3 is 2.58 bits per heavy atom. The molecule has 0 saturated carbocycles. The number of ether oxygens (including phenoxy) is 1. The number of aromatic nitrogens is 2. The Hall–Kier alpha value is -1.98. The van der Waals surface area contributed by atoms with Crippen molar-refractivity contribution in [1.29, 1.82) is 0 Å². The van der Waals surface area contributed by atoms with E-state index in [1.54, 1.807) is 13.2 Å². The quantitative estimate of drug-likeness (QED) is 0.644. The zero-order valence-electron chi connectivity index (χ0n) is 11.3. The molecule has 0 spiro atoms. The molecule has 5 heteroatoms. The normalized spacial score (nSPS) is 12.2. The van der Waals surface area contributed by atoms with Crippen LogP contribution in [0.2, 0.25) is 0 Å². The summed E-state index contributed by atoms with van der Waals surface area (Å²) in [6.07, 6.45) is 1.47. The molecule has 19 heavy (non-hydrogen) atoms. The number of nitrogens with one attached hydrogen (secondary N) is 1. The molecule has 5 nitrogen and oxygen atoms in total. The van der Waals surface area contributed by atoms with E-state index in [2.05, 4.69) is 41.4 Å². The van der Waals surface area contributed by atoms with Crippen molar-refractivity contribution in [1.82, 2.24) is 15.4 Å². The summed E-state index contributed by atoms with van der Waals surface area (Å²) in [5, 5.41) is 0. The zero-order valence-corrected chi connectivity index (χ0v) is 11.3. The van der Waals surface area contributed by atoms with Crippen LogP contribution in [0.4, 0.5) is 0 Å². The first-order chi connectivity index (χ1) is 9.15. The molecule has 3 N–H and O–H groups in total. The van der Waals surface area contributed by atoms with Gasteiger partial charge in [-0.3, -0.25) is 5.84 Å². The summed E-state index contributed by atoms with van der Waals surface area (Å²) in [7, 11) is 1.58. The highest BCUT2D eigenvalue weighted by atomic mass is 16.5. The van der Waals surface area contributed by atoms with Gasteiger partial charge < -0.3 is 4.74 Å². The Kier molecular flexibility index (Phi) is 4.09. The third-order valence-corrected chi connectivity index (χ3v) is 3.20. The maximum atomic E-state index is 5.67. The smallest absolute Gasteiger partial charge is 0.216 e. The van der Waals surface area contributed by atoms with Gasteiger partial charge in [0.1, 0.15) is 6.33 Å². The fraction of sp³-hybridized carbons (Fsp3) is 0.286. The summed E-state index contributed by atoms with van der Waals surface area (Å²) < 4.78 is 5.11. The second-order valence-electron chi connectivity index (χ2n) is 4.43. The van der Waals surface area contributed by atoms with E-state index in [1.165, 1.54) is 17.5 Å². The van der Waals surface area contributed by atoms with Gasteiger partial charge in [0.05, 0.1) is 18.8 Å². The van der Waals surface area contributed by atoms with E-state index in [9.17, 15) is 0 Å². The molecule has 2 aromatic rings. The molecule has 0 aliphatic rings. The molecule has 2 rings (SSSR count). The molecule has 1 unspecified atom stereocenters. The van der Waals surface area contributed by atoms with Gasteiger partial charge in [0.2, 0.25) is 5.88 Å². The van der Waals surface area contributed by atoms with Crippen LogP contribution in [0.5, 0.6) is 5.88 Å². The Balaban J connectivity index is 2.40. The molecule has 1 heterocycles. The Morgan fingerprint density at radius 1 is 1.16 bits per heavy atom. The van der Waals surface area contributed by atoms with Gasteiger partial charge in [0, 0.05) is 6.07 Å². The zero-order chi connectivity index (χ0) is 13.8. The van der Waals surface area contributed by atoms with Crippen molar-refractivity contribution in [3.05, 3.63) is 53.0 Å². The van der Waals surface area contributed by atoms with Gasteiger partial charge in [-0.25, -0.2) is 15.4 Å². The number of nitrogens with two attached hydrogens (primary N) is 1. The van der Waals surface area contributed by atoms with Gasteiger partial charge >= 0.3 is 0 Å². The van der Waals surface area contributed by atoms with Crippen molar-refractivity contribution in [2.75, 3.05) is 7.11 Å². The molecule has 1 aromatic carbocycles. The standard InChI is InChI=1S/C14H18N4O/c1-9-4-5-11(6-10(9)2)14(18-15)12-7-13(19-3)17-8-16-12/h4-8,14,18H,15H2,1-3H3. The van der Waals surface area contributed by atoms with Crippen LogP contribution in [0, 0.1) is 13.8 Å². The first kappa shape index (κ1) is 13.5. The fourth-order valence-corrected chi connectivity index (χ4v) is 1.92. The number of nitrogens with zero attached hydrogens (tertiary/aromatic N) is 2. The van der Waals surface area contributed by atoms with Crippen LogP contribution >= 0.6 is 0 Å². The lowest BCUT2D eigenvalue weighted by atomic mass is 9.99. The monoisotopic (exact) mass is 258 g/mol. The molecule has 1 atom stereocenters. The number of hydrogen-bond donors (Lipinski definition) is 2. The van der Waals surface area contributed by atoms with Crippen LogP contribution in [-0.2, 0) is 0 Å². The Morgan fingerprint density at radius 2 is 1.95 bits per heavy atom. The molecule has 0 aliphatic heterocycles. The minimum absolute atomic E-state index is 0.184. The Bertz CT molecular complexity index is 571. The van der Waals surface area contributed by atoms with E-state index in [0.29, 0.717) is 5.88 Å². The summed E-state index contributed by atoms with van der Waals surface area (Å²) in [6, 6.07) is 7.82. The third-order valence-electron chi connectivity index (χ3n) is 3.20. The van der Waals surface area contributed by atoms with Gasteiger partial charge in [-0.1, -0.05) is 18.2 Å². The molecular weight excluding hydrogens is 240 g/mol. The van der Waals surface area contributed by atoms with Gasteiger partial charge in [-0.15, -0.1) is 0 Å². The topological polar surface area (TPSA) is 73.1 Å². The van der Waals surface area contributed by atoms with Crippen molar-refractivity contribution < 1.29 is 4.74 Å². The van der Waals surface area contributed by atoms with Crippen LogP contribution in [0.1, 0.15) is 28.4 Å². The van der Waals surface area contributed by atoms with Crippen molar-refractivity contribution in [3.63, 3.8) is 0 Å². The first-order valence-electron chi connectivity index (χ1n) is 6.05. The van der Waals surface area contributed by atoms with E-state index in [1.807, 2.05) is 6.07 Å². The summed E-state index contributed by atoms with van der Waals surface area (Å²) in [6.45, 7) is 4.16. The minimum Gasteiger partial charge on any atom is -0.481 e. The SMILES string of the molecule is COc1cc(C(NN)c2ccc(C)c(C)c2)ncn1. The number of benzene rings is 1. The lowest BCUT2D eigenvalue weighted by Crippen LogP contribution is -2.29. The van der Waals surface area contributed by atoms with Crippen molar-refractivity contribution in [2.45, 2.75) is 19.9 Å². The van der Waals surface area contributed by atoms with Gasteiger partial charge in [-0.2, -0.15) is 0 Å². The van der Waals surface area contributed by atoms with Crippen molar-refractivity contribution in [3.8, 4) is 5.88 Å². The first-order valence-corrected chi connectivity index (χ1v) is 6.05. The summed E-state index contributed by atoms with van der Waals surface area (Å²) in [5.74, 6) is 6.19. The van der Waals surface area contributed by atoms with E-state index in [0.717, 1.165) is 11.3 Å². The Labute approximate surface area is 112 Å². The van der Waals surface area contributed by atoms with Gasteiger partial charge in [0.15, 0.2) is 0 Å². The highest BCUT2D eigenvalue weighted by molar-refractivity contribution is 5.35. The predicted octanol–water partition coefficient (Wildman–Crippen LogP) is 1.65. The number of aryl methyl sites for hydroxylation is 2. The molecule has 0 amide bonds. The van der Waals surface area contributed by atoms with Gasteiger partial charge in [0.25, 0.3) is 0 Å². The van der Waals surface area contributed by atoms with E-state index in [4.69, 9.17) is 10.6 Å². The molecule has 0 fully saturated rings. The number of hydrazine groups is 1. The largest absolute Gasteiger partial charge is 0.481 e. The van der Waals surface area contributed by atoms with E-state index < -0.39 is 0 Å². The minimum atomic E-state index is -0.184. The number of rotatable bonds is 4. The fourth-order valence-electron chi connectivity index (χ4n) is 1.92. The highest BCUT2D eigenvalue weighted by Crippen LogP contribution is 2.23. The average molecular weight is 258 g/mol. The molecule has 0 aliphatic carbocycles. The predicted molar refractivity (Wildman–Crippen MR) is 73.7 cm³/mol. The van der Waals surface area contributed by atoms with Crippen molar-refractivity contribution >= 4 is 0 Å². The van der Waals surface area contributed by atoms with E-state index >= 15 is 0 Å². The third kappa shape index (κ3) is 2.89. The number of hydrogen-bond acceptors (Lipinski definition) is 5. The van der Waals surface area contributed by atoms with Crippen LogP contribution < -0.4 is 16.0 Å². The maximum absolute atomic E-state index is 5.67. The molecule has 0 radical (unpaired) electrons. The van der Waals surface area contributed by atoms with Gasteiger partial charge in [-0.05, 0) is 30.5 Å². The molecule has 0 bridgehead atoms. The summed E-state index contributed by atoms with van der Waals surface area (Å²) in [4.78, 5) is 8.25. The maximum Gasteiger partial charge on any atom is 0.216 e. The van der Waals surface area contributed by atoms with Crippen LogP contribution in [0.15, 0.2) is 30.6 Å². The van der Waals surface area contributed by atoms with Crippen LogP contribution in [-0.4, -0.2) is 17.1 Å². The molecular formula is C14H18N4O. The molecule has 100 valence electrons. The van der Waals surface area contributed by atoms with Crippen LogP contribution in [0.25, 0.3) is 0 Å². The second kappa shape index (κ2) is 5.77. The molecule has 1 aromatic heterocycles. The molecule has 0 saturated heterocycles.